The number of aliphatic hydroxyl groups is 1. The van der Waals surface area contributed by atoms with Crippen molar-refractivity contribution in [3.8, 4) is 11.5 Å². The average Bonchev–Trinajstić information content (AvgIpc) is 3.39. The molecule has 2 aliphatic heterocycles. The van der Waals surface area contributed by atoms with E-state index in [1.807, 2.05) is 31.2 Å². The molecule has 4 atom stereocenters. The summed E-state index contributed by atoms with van der Waals surface area (Å²) in [5, 5.41) is 35.1. The number of rotatable bonds is 3. The molecule has 0 amide bonds. The first-order valence-corrected chi connectivity index (χ1v) is 12.4. The second-order valence-electron chi connectivity index (χ2n) is 11.0. The molecule has 0 radical (unpaired) electrons. The van der Waals surface area contributed by atoms with E-state index < -0.39 is 17.1 Å². The number of nitrogens with one attached hydrogen (secondary N) is 3. The van der Waals surface area contributed by atoms with Crippen LogP contribution < -0.4 is 15.8 Å². The summed E-state index contributed by atoms with van der Waals surface area (Å²) < 4.78 is 6.62. The molecule has 7 N–H and O–H groups in total. The third kappa shape index (κ3) is 2.61. The molecule has 2 fully saturated rings. The van der Waals surface area contributed by atoms with Crippen LogP contribution in [0, 0.1) is 18.3 Å². The first kappa shape index (κ1) is 21.1. The van der Waals surface area contributed by atoms with E-state index in [1.54, 1.807) is 6.07 Å². The van der Waals surface area contributed by atoms with Crippen molar-refractivity contribution in [1.82, 2.24) is 9.88 Å². The van der Waals surface area contributed by atoms with Crippen LogP contribution in [0.2, 0.25) is 0 Å². The van der Waals surface area contributed by atoms with Crippen LogP contribution in [-0.2, 0) is 11.8 Å². The summed E-state index contributed by atoms with van der Waals surface area (Å²) in [6.07, 6.45) is 2.53. The van der Waals surface area contributed by atoms with Gasteiger partial charge in [-0.2, -0.15) is 0 Å². The lowest BCUT2D eigenvalue weighted by molar-refractivity contribution is -0.0721. The molecule has 3 aromatic rings. The third-order valence-corrected chi connectivity index (χ3v) is 9.05. The molecule has 3 heterocycles. The van der Waals surface area contributed by atoms with E-state index in [4.69, 9.17) is 15.9 Å². The van der Waals surface area contributed by atoms with Crippen LogP contribution in [0.5, 0.6) is 11.5 Å². The number of anilines is 1. The van der Waals surface area contributed by atoms with Crippen molar-refractivity contribution in [2.75, 3.05) is 18.4 Å². The normalized spacial score (nSPS) is 30.9. The van der Waals surface area contributed by atoms with E-state index in [1.165, 1.54) is 12.8 Å². The third-order valence-electron chi connectivity index (χ3n) is 9.05. The van der Waals surface area contributed by atoms with Gasteiger partial charge in [-0.15, -0.1) is 0 Å². The molecule has 4 aliphatic rings. The fraction of sp³-hybridized carbons (Fsp3) is 0.444. The zero-order valence-corrected chi connectivity index (χ0v) is 20.0. The van der Waals surface area contributed by atoms with Crippen molar-refractivity contribution in [3.05, 3.63) is 52.7 Å². The van der Waals surface area contributed by atoms with Crippen molar-refractivity contribution in [1.29, 1.82) is 5.41 Å². The summed E-state index contributed by atoms with van der Waals surface area (Å²) in [6.45, 7) is 5.86. The standard InChI is InChI=1S/C27H31N5O3/c1-13-3-8-20(33)23-21(13)26-12-32(11-15-4-5-15)14(2)27(26,34)10-18-17-9-16(30-25(28)29)6-7-19(17)31-22(18)24(26)35-23/h3,6-9,14-15,24,31,33-34H,4-5,10-12H2,1-2H3,(H4,28,29,30)/t14?,24-,26-,27+/m0/s1. The summed E-state index contributed by atoms with van der Waals surface area (Å²) in [5.74, 6) is 1.20. The number of phenols is 1. The molecule has 1 saturated carbocycles. The minimum Gasteiger partial charge on any atom is -0.504 e. The highest BCUT2D eigenvalue weighted by atomic mass is 16.5. The van der Waals surface area contributed by atoms with Gasteiger partial charge in [0.1, 0.15) is 0 Å². The maximum Gasteiger partial charge on any atom is 0.190 e. The molecule has 0 bridgehead atoms. The highest BCUT2D eigenvalue weighted by Gasteiger charge is 2.72. The van der Waals surface area contributed by atoms with Gasteiger partial charge in [0.2, 0.25) is 0 Å². The maximum absolute atomic E-state index is 12.8. The van der Waals surface area contributed by atoms with Crippen LogP contribution >= 0.6 is 0 Å². The van der Waals surface area contributed by atoms with Gasteiger partial charge in [0.15, 0.2) is 23.6 Å². The summed E-state index contributed by atoms with van der Waals surface area (Å²) in [6, 6.07) is 9.39. The van der Waals surface area contributed by atoms with Gasteiger partial charge in [-0.1, -0.05) is 6.07 Å². The Bertz CT molecular complexity index is 1410. The number of nitrogens with zero attached hydrogens (tertiary/aromatic N) is 1. The number of ether oxygens (including phenoxy) is 1. The predicted octanol–water partition coefficient (Wildman–Crippen LogP) is 3.26. The topological polar surface area (TPSA) is 131 Å². The van der Waals surface area contributed by atoms with E-state index in [0.29, 0.717) is 24.6 Å². The Morgan fingerprint density at radius 2 is 2.11 bits per heavy atom. The molecule has 2 aliphatic carbocycles. The number of H-pyrrole nitrogens is 1. The second-order valence-corrected chi connectivity index (χ2v) is 11.0. The first-order valence-electron chi connectivity index (χ1n) is 12.4. The van der Waals surface area contributed by atoms with Crippen LogP contribution in [0.15, 0.2) is 30.3 Å². The minimum atomic E-state index is -1.08. The van der Waals surface area contributed by atoms with E-state index in [2.05, 4.69) is 22.1 Å². The average molecular weight is 474 g/mol. The Morgan fingerprint density at radius 1 is 1.31 bits per heavy atom. The summed E-state index contributed by atoms with van der Waals surface area (Å²) in [5.41, 5.74) is 9.45. The second kappa shape index (κ2) is 6.71. The molecule has 182 valence electrons. The molecule has 2 aromatic carbocycles. The summed E-state index contributed by atoms with van der Waals surface area (Å²) >= 11 is 0. The number of aryl methyl sites for hydroxylation is 1. The molecule has 7 rings (SSSR count). The smallest absolute Gasteiger partial charge is 0.190 e. The van der Waals surface area contributed by atoms with Gasteiger partial charge in [-0.05, 0) is 68.0 Å². The molecule has 1 saturated heterocycles. The lowest BCUT2D eigenvalue weighted by Gasteiger charge is -2.47. The minimum absolute atomic E-state index is 0.0708. The number of fused-ring (bicyclic) bond motifs is 5. The summed E-state index contributed by atoms with van der Waals surface area (Å²) in [4.78, 5) is 6.05. The van der Waals surface area contributed by atoms with Gasteiger partial charge in [0.05, 0.1) is 16.7 Å². The van der Waals surface area contributed by atoms with Gasteiger partial charge < -0.3 is 31.0 Å². The van der Waals surface area contributed by atoms with Crippen LogP contribution in [0.4, 0.5) is 5.69 Å². The van der Waals surface area contributed by atoms with E-state index >= 15 is 0 Å². The Balaban J connectivity index is 1.47. The van der Waals surface area contributed by atoms with Gasteiger partial charge in [0.25, 0.3) is 0 Å². The number of hydrogen-bond acceptors (Lipinski definition) is 5. The molecule has 1 spiro atoms. The number of aromatic nitrogens is 1. The van der Waals surface area contributed by atoms with Crippen LogP contribution in [-0.4, -0.2) is 50.8 Å². The summed E-state index contributed by atoms with van der Waals surface area (Å²) in [7, 11) is 0. The van der Waals surface area contributed by atoms with E-state index in [9.17, 15) is 10.2 Å². The highest BCUT2D eigenvalue weighted by molar-refractivity contribution is 5.95. The Kier molecular flexibility index (Phi) is 4.04. The number of guanidine groups is 1. The van der Waals surface area contributed by atoms with Crippen molar-refractivity contribution < 1.29 is 14.9 Å². The number of likely N-dealkylation sites (tertiary alicyclic amines) is 1. The maximum atomic E-state index is 12.8. The number of nitrogens with two attached hydrogens (primary N) is 1. The molecular weight excluding hydrogens is 442 g/mol. The monoisotopic (exact) mass is 473 g/mol. The zero-order chi connectivity index (χ0) is 24.3. The Labute approximate surface area is 203 Å². The zero-order valence-electron chi connectivity index (χ0n) is 20.0. The number of benzene rings is 2. The van der Waals surface area contributed by atoms with Gasteiger partial charge in [-0.25, -0.2) is 0 Å². The first-order chi connectivity index (χ1) is 16.7. The van der Waals surface area contributed by atoms with Crippen molar-refractivity contribution in [3.63, 3.8) is 0 Å². The van der Waals surface area contributed by atoms with Gasteiger partial charge in [0, 0.05) is 47.7 Å². The largest absolute Gasteiger partial charge is 0.504 e. The Morgan fingerprint density at radius 3 is 2.86 bits per heavy atom. The van der Waals surface area contributed by atoms with Crippen molar-refractivity contribution >= 4 is 22.5 Å². The molecule has 35 heavy (non-hydrogen) atoms. The van der Waals surface area contributed by atoms with Gasteiger partial charge >= 0.3 is 0 Å². The number of aromatic hydroxyl groups is 1. The van der Waals surface area contributed by atoms with Crippen molar-refractivity contribution in [2.24, 2.45) is 11.7 Å². The molecule has 1 unspecified atom stereocenters. The number of hydrogen-bond donors (Lipinski definition) is 6. The fourth-order valence-corrected chi connectivity index (χ4v) is 7.22. The highest BCUT2D eigenvalue weighted by Crippen LogP contribution is 2.66. The van der Waals surface area contributed by atoms with Crippen LogP contribution in [0.1, 0.15) is 48.3 Å². The quantitative estimate of drug-likeness (QED) is 0.256. The van der Waals surface area contributed by atoms with Crippen LogP contribution in [0.25, 0.3) is 10.9 Å². The molecule has 8 nitrogen and oxygen atoms in total. The van der Waals surface area contributed by atoms with E-state index in [-0.39, 0.29) is 17.8 Å². The fourth-order valence-electron chi connectivity index (χ4n) is 7.22. The molecular formula is C27H31N5O3. The molecule has 1 aromatic heterocycles. The lowest BCUT2D eigenvalue weighted by Crippen LogP contribution is -2.60. The number of phenolic OH excluding ortho intramolecular Hbond substituents is 1. The van der Waals surface area contributed by atoms with Gasteiger partial charge in [-0.3, -0.25) is 10.3 Å². The Hall–Kier alpha value is -3.23. The SMILES string of the molecule is Cc1ccc(O)c2c1[C@]13CN(CC4CC4)C(C)[C@]1(O)Cc1c([nH]c4ccc(NC(=N)N)cc14)[C@@H]3O2. The van der Waals surface area contributed by atoms with Crippen molar-refractivity contribution in [2.45, 2.75) is 56.3 Å². The number of aromatic amines is 1. The molecule has 8 heteroatoms. The van der Waals surface area contributed by atoms with Crippen LogP contribution in [0.3, 0.4) is 0 Å². The predicted molar refractivity (Wildman–Crippen MR) is 134 cm³/mol. The van der Waals surface area contributed by atoms with E-state index in [0.717, 1.165) is 45.5 Å². The lowest BCUT2D eigenvalue weighted by atomic mass is 9.58.